The second kappa shape index (κ2) is 6.28. The molecule has 0 saturated heterocycles. The van der Waals surface area contributed by atoms with Gasteiger partial charge in [-0.15, -0.1) is 0 Å². The average molecular weight is 345 g/mol. The van der Waals surface area contributed by atoms with Crippen molar-refractivity contribution in [3.63, 3.8) is 0 Å². The van der Waals surface area contributed by atoms with Crippen LogP contribution in [-0.2, 0) is 6.61 Å². The van der Waals surface area contributed by atoms with E-state index in [9.17, 15) is 4.79 Å². The second-order valence-electron chi connectivity index (χ2n) is 6.00. The molecule has 1 N–H and O–H groups in total. The van der Waals surface area contributed by atoms with Crippen LogP contribution in [0, 0.1) is 0 Å². The molecule has 1 aliphatic rings. The number of para-hydroxylation sites is 1. The third kappa shape index (κ3) is 2.78. The quantitative estimate of drug-likeness (QED) is 0.786. The summed E-state index contributed by atoms with van der Waals surface area (Å²) >= 11 is 6.08. The number of halogens is 1. The topological polar surface area (TPSA) is 72.8 Å². The van der Waals surface area contributed by atoms with Gasteiger partial charge in [-0.1, -0.05) is 36.6 Å². The highest BCUT2D eigenvalue weighted by Gasteiger charge is 2.21. The minimum absolute atomic E-state index is 0.144. The van der Waals surface area contributed by atoms with Gasteiger partial charge in [-0.25, -0.2) is 9.67 Å². The largest absolute Gasteiger partial charge is 0.484 e. The summed E-state index contributed by atoms with van der Waals surface area (Å²) < 4.78 is 7.56. The first kappa shape index (κ1) is 15.2. The van der Waals surface area contributed by atoms with Gasteiger partial charge in [0.1, 0.15) is 23.6 Å². The van der Waals surface area contributed by atoms with E-state index >= 15 is 0 Å². The second-order valence-corrected chi connectivity index (χ2v) is 6.40. The number of nitrogens with zero attached hydrogens (tertiary/aromatic N) is 3. The number of aromatic nitrogens is 4. The molecule has 3 aromatic rings. The number of H-pyrrole nitrogens is 1. The van der Waals surface area contributed by atoms with Crippen LogP contribution in [-0.4, -0.2) is 19.7 Å². The number of aromatic amines is 1. The Morgan fingerprint density at radius 3 is 2.88 bits per heavy atom. The maximum atomic E-state index is 12.3. The van der Waals surface area contributed by atoms with Gasteiger partial charge in [-0.2, -0.15) is 5.10 Å². The Morgan fingerprint density at radius 2 is 2.08 bits per heavy atom. The SMILES string of the molecule is O=c1[nH]c(COc2ccccc2Cl)nc2c1cnn2C1CCCC1. The predicted octanol–water partition coefficient (Wildman–Crippen LogP) is 3.47. The Balaban J connectivity index is 1.65. The number of fused-ring (bicyclic) bond motifs is 1. The first-order chi connectivity index (χ1) is 11.7. The zero-order valence-electron chi connectivity index (χ0n) is 13.0. The molecule has 6 nitrogen and oxygen atoms in total. The van der Waals surface area contributed by atoms with Gasteiger partial charge in [-0.3, -0.25) is 4.79 Å². The van der Waals surface area contributed by atoms with Gasteiger partial charge in [0, 0.05) is 0 Å². The lowest BCUT2D eigenvalue weighted by molar-refractivity contribution is 0.296. The van der Waals surface area contributed by atoms with Crippen molar-refractivity contribution in [2.24, 2.45) is 0 Å². The van der Waals surface area contributed by atoms with Crippen LogP contribution in [0.2, 0.25) is 5.02 Å². The highest BCUT2D eigenvalue weighted by Crippen LogP contribution is 2.30. The van der Waals surface area contributed by atoms with Gasteiger partial charge < -0.3 is 9.72 Å². The Kier molecular flexibility index (Phi) is 3.98. The third-order valence-corrected chi connectivity index (χ3v) is 4.70. The fourth-order valence-electron chi connectivity index (χ4n) is 3.17. The molecule has 7 heteroatoms. The monoisotopic (exact) mass is 344 g/mol. The molecular formula is C17H17ClN4O2. The van der Waals surface area contributed by atoms with E-state index in [4.69, 9.17) is 16.3 Å². The summed E-state index contributed by atoms with van der Waals surface area (Å²) in [6.07, 6.45) is 6.14. The molecule has 1 aromatic carbocycles. The van der Waals surface area contributed by atoms with Crippen molar-refractivity contribution in [3.8, 4) is 5.75 Å². The Labute approximate surface area is 143 Å². The summed E-state index contributed by atoms with van der Waals surface area (Å²) in [5, 5.41) is 5.43. The lowest BCUT2D eigenvalue weighted by Crippen LogP contribution is -2.15. The third-order valence-electron chi connectivity index (χ3n) is 4.38. The van der Waals surface area contributed by atoms with E-state index in [1.165, 1.54) is 12.8 Å². The van der Waals surface area contributed by atoms with Crippen molar-refractivity contribution in [1.29, 1.82) is 0 Å². The standard InChI is InChI=1S/C17H17ClN4O2/c18-13-7-3-4-8-14(13)24-10-15-20-16-12(17(23)21-15)9-19-22(16)11-5-1-2-6-11/h3-4,7-9,11H,1-2,5-6,10H2,(H,20,21,23). The van der Waals surface area contributed by atoms with Crippen LogP contribution >= 0.6 is 11.6 Å². The summed E-state index contributed by atoms with van der Waals surface area (Å²) in [6, 6.07) is 7.54. The first-order valence-corrected chi connectivity index (χ1v) is 8.44. The van der Waals surface area contributed by atoms with Crippen LogP contribution in [0.3, 0.4) is 0 Å². The molecule has 0 bridgehead atoms. The molecule has 0 unspecified atom stereocenters. The van der Waals surface area contributed by atoms with E-state index in [0.29, 0.717) is 33.7 Å². The predicted molar refractivity (Wildman–Crippen MR) is 91.4 cm³/mol. The van der Waals surface area contributed by atoms with E-state index in [-0.39, 0.29) is 12.2 Å². The van der Waals surface area contributed by atoms with Crippen molar-refractivity contribution in [1.82, 2.24) is 19.7 Å². The summed E-state index contributed by atoms with van der Waals surface area (Å²) in [5.74, 6) is 1.03. The maximum Gasteiger partial charge on any atom is 0.262 e. The summed E-state index contributed by atoms with van der Waals surface area (Å²) in [7, 11) is 0. The van der Waals surface area contributed by atoms with Crippen molar-refractivity contribution in [3.05, 3.63) is 51.7 Å². The molecule has 4 rings (SSSR count). The Morgan fingerprint density at radius 1 is 1.29 bits per heavy atom. The number of hydrogen-bond acceptors (Lipinski definition) is 4. The molecule has 0 atom stereocenters. The lowest BCUT2D eigenvalue weighted by Gasteiger charge is -2.11. The fraction of sp³-hybridized carbons (Fsp3) is 0.353. The normalized spacial score (nSPS) is 15.2. The maximum absolute atomic E-state index is 12.3. The van der Waals surface area contributed by atoms with Crippen LogP contribution in [0.25, 0.3) is 11.0 Å². The zero-order chi connectivity index (χ0) is 16.5. The van der Waals surface area contributed by atoms with Crippen LogP contribution in [0.15, 0.2) is 35.3 Å². The highest BCUT2D eigenvalue weighted by atomic mass is 35.5. The van der Waals surface area contributed by atoms with Crippen LogP contribution in [0.5, 0.6) is 5.75 Å². The van der Waals surface area contributed by atoms with Crippen LogP contribution < -0.4 is 10.3 Å². The molecule has 0 radical (unpaired) electrons. The molecule has 2 heterocycles. The molecule has 0 aliphatic heterocycles. The minimum Gasteiger partial charge on any atom is -0.484 e. The molecule has 124 valence electrons. The summed E-state index contributed by atoms with van der Waals surface area (Å²) in [6.45, 7) is 0.144. The smallest absolute Gasteiger partial charge is 0.262 e. The molecule has 1 fully saturated rings. The van der Waals surface area contributed by atoms with Gasteiger partial charge in [0.25, 0.3) is 5.56 Å². The van der Waals surface area contributed by atoms with Gasteiger partial charge >= 0.3 is 0 Å². The number of rotatable bonds is 4. The van der Waals surface area contributed by atoms with Gasteiger partial charge in [0.15, 0.2) is 5.65 Å². The summed E-state index contributed by atoms with van der Waals surface area (Å²) in [5.41, 5.74) is 0.436. The molecule has 0 spiro atoms. The van der Waals surface area contributed by atoms with Gasteiger partial charge in [0.2, 0.25) is 0 Å². The first-order valence-electron chi connectivity index (χ1n) is 8.06. The molecule has 2 aromatic heterocycles. The van der Waals surface area contributed by atoms with Gasteiger partial charge in [0.05, 0.1) is 17.3 Å². The molecular weight excluding hydrogens is 328 g/mol. The van der Waals surface area contributed by atoms with E-state index in [1.807, 2.05) is 16.8 Å². The van der Waals surface area contributed by atoms with Crippen molar-refractivity contribution >= 4 is 22.6 Å². The molecule has 1 saturated carbocycles. The number of hydrogen-bond donors (Lipinski definition) is 1. The average Bonchev–Trinajstić information content (AvgIpc) is 3.23. The Hall–Kier alpha value is -2.34. The molecule has 0 amide bonds. The zero-order valence-corrected chi connectivity index (χ0v) is 13.8. The van der Waals surface area contributed by atoms with Crippen molar-refractivity contribution < 1.29 is 4.74 Å². The Bertz CT molecular complexity index is 928. The molecule has 24 heavy (non-hydrogen) atoms. The van der Waals surface area contributed by atoms with Crippen LogP contribution in [0.1, 0.15) is 37.5 Å². The van der Waals surface area contributed by atoms with Gasteiger partial charge in [-0.05, 0) is 25.0 Å². The lowest BCUT2D eigenvalue weighted by atomic mass is 10.2. The van der Waals surface area contributed by atoms with Crippen molar-refractivity contribution in [2.75, 3.05) is 0 Å². The van der Waals surface area contributed by atoms with Crippen LogP contribution in [0.4, 0.5) is 0 Å². The number of benzene rings is 1. The van der Waals surface area contributed by atoms with Crippen molar-refractivity contribution in [2.45, 2.75) is 38.3 Å². The minimum atomic E-state index is -0.193. The number of ether oxygens (including phenoxy) is 1. The van der Waals surface area contributed by atoms with E-state index in [0.717, 1.165) is 12.8 Å². The highest BCUT2D eigenvalue weighted by molar-refractivity contribution is 6.32. The molecule has 1 aliphatic carbocycles. The number of nitrogens with one attached hydrogen (secondary N) is 1. The van der Waals surface area contributed by atoms with E-state index in [1.54, 1.807) is 18.3 Å². The fourth-order valence-corrected chi connectivity index (χ4v) is 3.36. The summed E-state index contributed by atoms with van der Waals surface area (Å²) in [4.78, 5) is 19.6. The van der Waals surface area contributed by atoms with E-state index in [2.05, 4.69) is 15.1 Å². The van der Waals surface area contributed by atoms with E-state index < -0.39 is 0 Å².